The molecule has 0 aromatic carbocycles. The Balaban J connectivity index is 1.37. The van der Waals surface area contributed by atoms with E-state index in [0.717, 1.165) is 31.8 Å². The van der Waals surface area contributed by atoms with Gasteiger partial charge in [-0.05, 0) is 57.9 Å². The molecule has 2 fully saturated rings. The summed E-state index contributed by atoms with van der Waals surface area (Å²) in [6, 6.07) is 0. The molecule has 2 heterocycles. The molecule has 3 aliphatic rings. The van der Waals surface area contributed by atoms with Gasteiger partial charge in [0.25, 0.3) is 0 Å². The highest BCUT2D eigenvalue weighted by molar-refractivity contribution is 5.09. The fourth-order valence-electron chi connectivity index (χ4n) is 3.95. The second-order valence-electron chi connectivity index (χ2n) is 7.64. The molecule has 2 aliphatic carbocycles. The number of likely N-dealkylation sites (tertiary alicyclic amines) is 1. The lowest BCUT2D eigenvalue weighted by atomic mass is 9.88. The topological polar surface area (TPSA) is 62.4 Å². The van der Waals surface area contributed by atoms with Crippen LogP contribution in [0.15, 0.2) is 16.2 Å². The second-order valence-corrected chi connectivity index (χ2v) is 7.64. The van der Waals surface area contributed by atoms with Gasteiger partial charge in [-0.2, -0.15) is 4.98 Å². The number of β-amino-alcohol motifs (C(OH)–C–C–N with tert-alkyl or cyclic N) is 1. The van der Waals surface area contributed by atoms with Gasteiger partial charge in [-0.3, -0.25) is 4.90 Å². The number of hydrogen-bond acceptors (Lipinski definition) is 5. The number of aliphatic hydroxyl groups is 1. The van der Waals surface area contributed by atoms with Gasteiger partial charge in [-0.15, -0.1) is 0 Å². The smallest absolute Gasteiger partial charge is 0.229 e. The Kier molecular flexibility index (Phi) is 4.24. The standard InChI is InChI=1S/C18H27N3O2/c22-18(11-16-19-17(20-23-16)15-7-8-15)9-4-10-21(13-18)12-14-5-2-1-3-6-14/h5,15,22H,1-4,6-13H2. The Labute approximate surface area is 137 Å². The van der Waals surface area contributed by atoms with Crippen molar-refractivity contribution in [2.24, 2.45) is 0 Å². The first-order valence-electron chi connectivity index (χ1n) is 9.15. The lowest BCUT2D eigenvalue weighted by Crippen LogP contribution is -2.50. The van der Waals surface area contributed by atoms with Crippen LogP contribution in [0.1, 0.15) is 69.0 Å². The molecule has 1 aromatic rings. The van der Waals surface area contributed by atoms with Crippen LogP contribution in [0, 0.1) is 0 Å². The quantitative estimate of drug-likeness (QED) is 0.846. The van der Waals surface area contributed by atoms with Crippen LogP contribution in [0.2, 0.25) is 0 Å². The number of allylic oxidation sites excluding steroid dienone is 1. The van der Waals surface area contributed by atoms with Crippen LogP contribution in [0.5, 0.6) is 0 Å². The maximum absolute atomic E-state index is 11.0. The minimum Gasteiger partial charge on any atom is -0.388 e. The molecular weight excluding hydrogens is 290 g/mol. The molecule has 23 heavy (non-hydrogen) atoms. The van der Waals surface area contributed by atoms with Gasteiger partial charge in [0.1, 0.15) is 0 Å². The monoisotopic (exact) mass is 317 g/mol. The molecule has 1 saturated heterocycles. The molecule has 0 amide bonds. The molecule has 1 aromatic heterocycles. The lowest BCUT2D eigenvalue weighted by molar-refractivity contribution is -0.0325. The molecule has 4 rings (SSSR count). The van der Waals surface area contributed by atoms with Gasteiger partial charge >= 0.3 is 0 Å². The minimum absolute atomic E-state index is 0.488. The molecule has 0 bridgehead atoms. The highest BCUT2D eigenvalue weighted by Crippen LogP contribution is 2.38. The van der Waals surface area contributed by atoms with E-state index in [4.69, 9.17) is 4.52 Å². The first-order valence-corrected chi connectivity index (χ1v) is 9.15. The number of piperidine rings is 1. The molecule has 1 unspecified atom stereocenters. The summed E-state index contributed by atoms with van der Waals surface area (Å²) in [7, 11) is 0. The van der Waals surface area contributed by atoms with E-state index >= 15 is 0 Å². The number of aromatic nitrogens is 2. The lowest BCUT2D eigenvalue weighted by Gasteiger charge is -2.39. The van der Waals surface area contributed by atoms with Crippen LogP contribution in [0.4, 0.5) is 0 Å². The number of hydrogen-bond donors (Lipinski definition) is 1. The molecular formula is C18H27N3O2. The summed E-state index contributed by atoms with van der Waals surface area (Å²) in [5, 5.41) is 15.1. The molecule has 126 valence electrons. The van der Waals surface area contributed by atoms with E-state index in [2.05, 4.69) is 21.1 Å². The van der Waals surface area contributed by atoms with Gasteiger partial charge in [0.05, 0.1) is 12.0 Å². The van der Waals surface area contributed by atoms with Crippen molar-refractivity contribution in [2.45, 2.75) is 69.3 Å². The first kappa shape index (κ1) is 15.3. The van der Waals surface area contributed by atoms with E-state index in [1.807, 2.05) is 0 Å². The third-order valence-corrected chi connectivity index (χ3v) is 5.35. The van der Waals surface area contributed by atoms with Gasteiger partial charge in [-0.1, -0.05) is 16.8 Å². The molecule has 0 radical (unpaired) electrons. The van der Waals surface area contributed by atoms with Gasteiger partial charge in [0.15, 0.2) is 5.82 Å². The zero-order chi connectivity index (χ0) is 15.7. The summed E-state index contributed by atoms with van der Waals surface area (Å²) in [5.41, 5.74) is 0.829. The van der Waals surface area contributed by atoms with E-state index in [0.29, 0.717) is 24.8 Å². The largest absolute Gasteiger partial charge is 0.388 e. The summed E-state index contributed by atoms with van der Waals surface area (Å²) < 4.78 is 5.37. The van der Waals surface area contributed by atoms with Crippen molar-refractivity contribution in [3.8, 4) is 0 Å². The van der Waals surface area contributed by atoms with E-state index in [1.165, 1.54) is 38.5 Å². The highest BCUT2D eigenvalue weighted by atomic mass is 16.5. The summed E-state index contributed by atoms with van der Waals surface area (Å²) in [5.74, 6) is 1.94. The second kappa shape index (κ2) is 6.36. The summed E-state index contributed by atoms with van der Waals surface area (Å²) in [6.45, 7) is 2.81. The molecule has 0 spiro atoms. The molecule has 5 heteroatoms. The van der Waals surface area contributed by atoms with Crippen molar-refractivity contribution < 1.29 is 9.63 Å². The van der Waals surface area contributed by atoms with Crippen molar-refractivity contribution in [1.82, 2.24) is 15.0 Å². The van der Waals surface area contributed by atoms with Crippen molar-refractivity contribution in [1.29, 1.82) is 0 Å². The van der Waals surface area contributed by atoms with Crippen LogP contribution in [-0.2, 0) is 6.42 Å². The third-order valence-electron chi connectivity index (χ3n) is 5.35. The normalized spacial score (nSPS) is 29.5. The zero-order valence-corrected chi connectivity index (χ0v) is 13.8. The Morgan fingerprint density at radius 2 is 2.22 bits per heavy atom. The van der Waals surface area contributed by atoms with Crippen molar-refractivity contribution in [2.75, 3.05) is 19.6 Å². The van der Waals surface area contributed by atoms with Crippen LogP contribution in [0.3, 0.4) is 0 Å². The van der Waals surface area contributed by atoms with Crippen molar-refractivity contribution in [3.63, 3.8) is 0 Å². The molecule has 1 aliphatic heterocycles. The van der Waals surface area contributed by atoms with E-state index < -0.39 is 5.60 Å². The number of rotatable bonds is 5. The zero-order valence-electron chi connectivity index (χ0n) is 13.8. The average Bonchev–Trinajstić information content (AvgIpc) is 3.29. The summed E-state index contributed by atoms with van der Waals surface area (Å²) >= 11 is 0. The summed E-state index contributed by atoms with van der Waals surface area (Å²) in [6.07, 6.45) is 12.2. The maximum Gasteiger partial charge on any atom is 0.229 e. The predicted octanol–water partition coefficient (Wildman–Crippen LogP) is 2.82. The van der Waals surface area contributed by atoms with Crippen LogP contribution >= 0.6 is 0 Å². The van der Waals surface area contributed by atoms with Crippen LogP contribution in [-0.4, -0.2) is 45.4 Å². The van der Waals surface area contributed by atoms with Crippen LogP contribution < -0.4 is 0 Å². The van der Waals surface area contributed by atoms with Gasteiger partial charge < -0.3 is 9.63 Å². The molecule has 1 N–H and O–H groups in total. The Morgan fingerprint density at radius 3 is 3.00 bits per heavy atom. The Morgan fingerprint density at radius 1 is 1.30 bits per heavy atom. The average molecular weight is 317 g/mol. The first-order chi connectivity index (χ1) is 11.2. The van der Waals surface area contributed by atoms with Crippen LogP contribution in [0.25, 0.3) is 0 Å². The molecule has 1 saturated carbocycles. The predicted molar refractivity (Wildman–Crippen MR) is 87.2 cm³/mol. The van der Waals surface area contributed by atoms with Gasteiger partial charge in [0, 0.05) is 19.0 Å². The SMILES string of the molecule is OC1(Cc2nc(C3CC3)no2)CCCN(CC2=CCCCC2)C1. The fourth-order valence-corrected chi connectivity index (χ4v) is 3.95. The van der Waals surface area contributed by atoms with Gasteiger partial charge in [0.2, 0.25) is 5.89 Å². The highest BCUT2D eigenvalue weighted by Gasteiger charge is 2.36. The number of nitrogens with zero attached hydrogens (tertiary/aromatic N) is 3. The molecule has 1 atom stereocenters. The molecule has 5 nitrogen and oxygen atoms in total. The Bertz CT molecular complexity index is 579. The van der Waals surface area contributed by atoms with E-state index in [-0.39, 0.29) is 0 Å². The summed E-state index contributed by atoms with van der Waals surface area (Å²) in [4.78, 5) is 6.89. The third kappa shape index (κ3) is 3.83. The minimum atomic E-state index is -0.721. The van der Waals surface area contributed by atoms with Crippen molar-refractivity contribution in [3.05, 3.63) is 23.4 Å². The fraction of sp³-hybridized carbons (Fsp3) is 0.778. The van der Waals surface area contributed by atoms with E-state index in [1.54, 1.807) is 5.57 Å². The Hall–Kier alpha value is -1.20. The van der Waals surface area contributed by atoms with E-state index in [9.17, 15) is 5.11 Å². The van der Waals surface area contributed by atoms with Crippen molar-refractivity contribution >= 4 is 0 Å². The van der Waals surface area contributed by atoms with Gasteiger partial charge in [-0.25, -0.2) is 0 Å². The maximum atomic E-state index is 11.0.